The van der Waals surface area contributed by atoms with Crippen LogP contribution in [0.3, 0.4) is 0 Å². The zero-order valence-electron chi connectivity index (χ0n) is 36.8. The quantitative estimate of drug-likeness (QED) is 0.0267. The van der Waals surface area contributed by atoms with Crippen molar-refractivity contribution < 1.29 is 39.8 Å². The lowest BCUT2D eigenvalue weighted by Crippen LogP contribution is -2.60. The Kier molecular flexibility index (Phi) is 36.3. The van der Waals surface area contributed by atoms with Gasteiger partial charge in [0.25, 0.3) is 0 Å². The molecule has 1 rings (SSSR count). The second-order valence-corrected chi connectivity index (χ2v) is 16.2. The molecule has 0 aromatic heterocycles. The van der Waals surface area contributed by atoms with E-state index in [-0.39, 0.29) is 12.5 Å². The summed E-state index contributed by atoms with van der Waals surface area (Å²) in [5.41, 5.74) is 0. The van der Waals surface area contributed by atoms with E-state index in [1.54, 1.807) is 6.08 Å². The number of amides is 1. The molecule has 1 saturated heterocycles. The molecule has 7 atom stereocenters. The molecule has 0 bridgehead atoms. The van der Waals surface area contributed by atoms with Gasteiger partial charge >= 0.3 is 0 Å². The van der Waals surface area contributed by atoms with Crippen molar-refractivity contribution in [1.29, 1.82) is 0 Å². The number of aliphatic hydroxyl groups is 5. The number of carbonyl (C=O) groups excluding carboxylic acids is 1. The zero-order valence-corrected chi connectivity index (χ0v) is 36.8. The summed E-state index contributed by atoms with van der Waals surface area (Å²) in [5, 5.41) is 54.0. The maximum Gasteiger partial charge on any atom is 0.220 e. The van der Waals surface area contributed by atoms with Crippen molar-refractivity contribution in [3.05, 3.63) is 60.8 Å². The number of rotatable bonds is 38. The van der Waals surface area contributed by atoms with Gasteiger partial charge in [-0.2, -0.15) is 0 Å². The van der Waals surface area contributed by atoms with Crippen molar-refractivity contribution in [3.63, 3.8) is 0 Å². The summed E-state index contributed by atoms with van der Waals surface area (Å²) in [6, 6.07) is -0.824. The fourth-order valence-electron chi connectivity index (χ4n) is 7.00. The number of nitrogens with one attached hydrogen (secondary N) is 1. The van der Waals surface area contributed by atoms with Crippen LogP contribution in [-0.2, 0) is 14.3 Å². The SMILES string of the molecule is CCCCCC/C=C/CC/C=C/C(O)C(COC1OC(CO)C(O)C(O)C1O)NC(=O)CCCCCCCCCCCC/C=C\C/C=C\C/C=C\CCCCCCC. The number of aliphatic hydroxyl groups excluding tert-OH is 5. The highest BCUT2D eigenvalue weighted by molar-refractivity contribution is 5.76. The number of unbranched alkanes of at least 4 members (excludes halogenated alkanes) is 20. The highest BCUT2D eigenvalue weighted by atomic mass is 16.7. The highest BCUT2D eigenvalue weighted by Crippen LogP contribution is 2.22. The molecule has 1 heterocycles. The largest absolute Gasteiger partial charge is 0.394 e. The van der Waals surface area contributed by atoms with Gasteiger partial charge in [0.05, 0.1) is 25.4 Å². The molecule has 0 aromatic carbocycles. The number of carbonyl (C=O) groups is 1. The summed E-state index contributed by atoms with van der Waals surface area (Å²) in [5.74, 6) is -0.196. The van der Waals surface area contributed by atoms with Crippen LogP contribution in [-0.4, -0.2) is 87.5 Å². The Morgan fingerprint density at radius 1 is 0.586 bits per heavy atom. The zero-order chi connectivity index (χ0) is 42.3. The first-order chi connectivity index (χ1) is 28.3. The van der Waals surface area contributed by atoms with Crippen LogP contribution in [0.25, 0.3) is 0 Å². The molecular formula is C49H87NO8. The Labute approximate surface area is 354 Å². The van der Waals surface area contributed by atoms with E-state index in [1.165, 1.54) is 109 Å². The van der Waals surface area contributed by atoms with Crippen molar-refractivity contribution in [2.45, 2.75) is 230 Å². The van der Waals surface area contributed by atoms with E-state index in [9.17, 15) is 30.3 Å². The van der Waals surface area contributed by atoms with Crippen LogP contribution >= 0.6 is 0 Å². The lowest BCUT2D eigenvalue weighted by atomic mass is 9.99. The minimum atomic E-state index is -1.57. The predicted molar refractivity (Wildman–Crippen MR) is 239 cm³/mol. The van der Waals surface area contributed by atoms with Crippen LogP contribution in [0.1, 0.15) is 187 Å². The van der Waals surface area contributed by atoms with Gasteiger partial charge in [-0.3, -0.25) is 4.79 Å². The standard InChI is InChI=1S/C49H87NO8/c1-3-5-7-9-11-13-15-16-17-18-19-20-21-22-23-24-25-26-27-28-29-31-33-35-37-39-45(53)50-42(41-57-49-48(56)47(55)46(54)44(40-51)58-49)43(52)38-36-34-32-30-14-12-10-8-6-4-2/h14-16,18-19,21-22,30,36,38,42-44,46-49,51-52,54-56H,3-13,17,20,23-29,31-35,37,39-41H2,1-2H3,(H,50,53)/b16-15-,19-18-,22-21-,30-14+,38-36+. The van der Waals surface area contributed by atoms with E-state index in [1.807, 2.05) is 6.08 Å². The molecule has 58 heavy (non-hydrogen) atoms. The molecule has 1 amide bonds. The second kappa shape index (κ2) is 39.1. The Hall–Kier alpha value is -2.11. The Balaban J connectivity index is 2.26. The minimum Gasteiger partial charge on any atom is -0.394 e. The smallest absolute Gasteiger partial charge is 0.220 e. The van der Waals surface area contributed by atoms with E-state index in [4.69, 9.17) is 9.47 Å². The minimum absolute atomic E-state index is 0.196. The van der Waals surface area contributed by atoms with Gasteiger partial charge in [0.2, 0.25) is 5.91 Å². The molecule has 9 nitrogen and oxygen atoms in total. The number of allylic oxidation sites excluding steroid dienone is 9. The maximum atomic E-state index is 12.9. The van der Waals surface area contributed by atoms with Gasteiger partial charge in [-0.1, -0.05) is 171 Å². The van der Waals surface area contributed by atoms with Gasteiger partial charge in [0, 0.05) is 6.42 Å². The van der Waals surface area contributed by atoms with Gasteiger partial charge in [-0.05, 0) is 70.6 Å². The van der Waals surface area contributed by atoms with Crippen LogP contribution in [0.2, 0.25) is 0 Å². The first-order valence-corrected chi connectivity index (χ1v) is 23.5. The summed E-state index contributed by atoms with van der Waals surface area (Å²) in [6.07, 6.45) is 44.2. The predicted octanol–water partition coefficient (Wildman–Crippen LogP) is 10.0. The van der Waals surface area contributed by atoms with Crippen LogP contribution < -0.4 is 5.32 Å². The van der Waals surface area contributed by atoms with E-state index < -0.39 is 49.5 Å². The summed E-state index contributed by atoms with van der Waals surface area (Å²) in [4.78, 5) is 12.9. The normalized spacial score (nSPS) is 21.4. The van der Waals surface area contributed by atoms with Crippen molar-refractivity contribution in [2.24, 2.45) is 0 Å². The summed E-state index contributed by atoms with van der Waals surface area (Å²) in [6.45, 7) is 3.69. The molecule has 0 aromatic rings. The third kappa shape index (κ3) is 29.2. The molecule has 9 heteroatoms. The van der Waals surface area contributed by atoms with Crippen LogP contribution in [0.15, 0.2) is 60.8 Å². The van der Waals surface area contributed by atoms with Crippen molar-refractivity contribution in [2.75, 3.05) is 13.2 Å². The molecule has 7 unspecified atom stereocenters. The van der Waals surface area contributed by atoms with Crippen molar-refractivity contribution in [3.8, 4) is 0 Å². The summed E-state index contributed by atoms with van der Waals surface area (Å²) >= 11 is 0. The third-order valence-electron chi connectivity index (χ3n) is 10.8. The average molecular weight is 818 g/mol. The van der Waals surface area contributed by atoms with Crippen LogP contribution in [0, 0.1) is 0 Å². The second-order valence-electron chi connectivity index (χ2n) is 16.2. The van der Waals surface area contributed by atoms with E-state index in [0.717, 1.165) is 57.8 Å². The number of ether oxygens (including phenoxy) is 2. The molecule has 1 aliphatic heterocycles. The molecule has 336 valence electrons. The number of hydrogen-bond acceptors (Lipinski definition) is 8. The number of hydrogen-bond donors (Lipinski definition) is 6. The molecule has 1 aliphatic rings. The topological polar surface area (TPSA) is 149 Å². The highest BCUT2D eigenvalue weighted by Gasteiger charge is 2.44. The fraction of sp³-hybridized carbons (Fsp3) is 0.776. The lowest BCUT2D eigenvalue weighted by molar-refractivity contribution is -0.302. The molecule has 6 N–H and O–H groups in total. The third-order valence-corrected chi connectivity index (χ3v) is 10.8. The van der Waals surface area contributed by atoms with Gasteiger partial charge < -0.3 is 40.3 Å². The molecule has 0 spiro atoms. The van der Waals surface area contributed by atoms with E-state index >= 15 is 0 Å². The van der Waals surface area contributed by atoms with Crippen molar-refractivity contribution >= 4 is 5.91 Å². The molecule has 0 aliphatic carbocycles. The molecule has 1 fully saturated rings. The maximum absolute atomic E-state index is 12.9. The lowest BCUT2D eigenvalue weighted by Gasteiger charge is -2.40. The van der Waals surface area contributed by atoms with Crippen molar-refractivity contribution in [1.82, 2.24) is 5.32 Å². The average Bonchev–Trinajstić information content (AvgIpc) is 3.22. The molecule has 0 saturated carbocycles. The molecular weight excluding hydrogens is 731 g/mol. The van der Waals surface area contributed by atoms with Gasteiger partial charge in [-0.15, -0.1) is 0 Å². The first kappa shape index (κ1) is 53.9. The molecule has 0 radical (unpaired) electrons. The summed E-state index contributed by atoms with van der Waals surface area (Å²) < 4.78 is 11.2. The Morgan fingerprint density at radius 2 is 1.03 bits per heavy atom. The van der Waals surface area contributed by atoms with Crippen LogP contribution in [0.5, 0.6) is 0 Å². The van der Waals surface area contributed by atoms with Gasteiger partial charge in [0.1, 0.15) is 24.4 Å². The van der Waals surface area contributed by atoms with Gasteiger partial charge in [-0.25, -0.2) is 0 Å². The first-order valence-electron chi connectivity index (χ1n) is 23.5. The fourth-order valence-corrected chi connectivity index (χ4v) is 7.00. The van der Waals surface area contributed by atoms with E-state index in [0.29, 0.717) is 6.42 Å². The van der Waals surface area contributed by atoms with E-state index in [2.05, 4.69) is 67.8 Å². The van der Waals surface area contributed by atoms with Gasteiger partial charge in [0.15, 0.2) is 6.29 Å². The Bertz CT molecular complexity index is 1090. The monoisotopic (exact) mass is 818 g/mol. The Morgan fingerprint density at radius 3 is 1.59 bits per heavy atom. The van der Waals surface area contributed by atoms with Crippen LogP contribution in [0.4, 0.5) is 0 Å². The summed E-state index contributed by atoms with van der Waals surface area (Å²) in [7, 11) is 0.